The summed E-state index contributed by atoms with van der Waals surface area (Å²) >= 11 is 5.78. The van der Waals surface area contributed by atoms with E-state index >= 15 is 0 Å². The summed E-state index contributed by atoms with van der Waals surface area (Å²) < 4.78 is 15.7. The van der Waals surface area contributed by atoms with E-state index < -0.39 is 0 Å². The predicted octanol–water partition coefficient (Wildman–Crippen LogP) is 3.37. The Morgan fingerprint density at radius 2 is 1.73 bits per heavy atom. The second kappa shape index (κ2) is 7.56. The van der Waals surface area contributed by atoms with E-state index in [0.717, 1.165) is 0 Å². The number of rotatable bonds is 6. The van der Waals surface area contributed by atoms with Gasteiger partial charge in [0.25, 0.3) is 5.91 Å². The molecular formula is C16H16ClNO4. The van der Waals surface area contributed by atoms with E-state index in [2.05, 4.69) is 5.32 Å². The third-order valence-corrected chi connectivity index (χ3v) is 3.10. The monoisotopic (exact) mass is 321 g/mol. The van der Waals surface area contributed by atoms with Crippen LogP contribution in [0.15, 0.2) is 42.5 Å². The summed E-state index contributed by atoms with van der Waals surface area (Å²) in [6.07, 6.45) is 0. The molecule has 0 bridgehead atoms. The van der Waals surface area contributed by atoms with Crippen LogP contribution in [0.4, 0.5) is 5.69 Å². The molecule has 116 valence electrons. The van der Waals surface area contributed by atoms with Gasteiger partial charge in [-0.25, -0.2) is 0 Å². The zero-order valence-corrected chi connectivity index (χ0v) is 13.0. The van der Waals surface area contributed by atoms with Gasteiger partial charge < -0.3 is 19.5 Å². The number of halogens is 1. The highest BCUT2D eigenvalue weighted by Crippen LogP contribution is 2.29. The maximum Gasteiger partial charge on any atom is 0.262 e. The number of anilines is 1. The average Bonchev–Trinajstić information content (AvgIpc) is 2.54. The largest absolute Gasteiger partial charge is 0.493 e. The Balaban J connectivity index is 1.93. The van der Waals surface area contributed by atoms with Crippen LogP contribution in [0.1, 0.15) is 0 Å². The Kier molecular flexibility index (Phi) is 5.49. The maximum atomic E-state index is 11.9. The third kappa shape index (κ3) is 4.30. The number of hydrogen-bond acceptors (Lipinski definition) is 4. The molecule has 0 saturated heterocycles. The Hall–Kier alpha value is -2.40. The molecule has 5 nitrogen and oxygen atoms in total. The molecule has 6 heteroatoms. The van der Waals surface area contributed by atoms with Gasteiger partial charge in [0.15, 0.2) is 18.1 Å². The summed E-state index contributed by atoms with van der Waals surface area (Å²) in [5.41, 5.74) is 0.599. The van der Waals surface area contributed by atoms with Gasteiger partial charge in [0, 0.05) is 16.8 Å². The van der Waals surface area contributed by atoms with Crippen LogP contribution in [0, 0.1) is 0 Å². The van der Waals surface area contributed by atoms with Crippen molar-refractivity contribution in [1.29, 1.82) is 0 Å². The smallest absolute Gasteiger partial charge is 0.262 e. The molecule has 2 aromatic rings. The molecule has 1 N–H and O–H groups in total. The van der Waals surface area contributed by atoms with Crippen LogP contribution >= 0.6 is 11.6 Å². The lowest BCUT2D eigenvalue weighted by atomic mass is 10.2. The predicted molar refractivity (Wildman–Crippen MR) is 85.1 cm³/mol. The zero-order chi connectivity index (χ0) is 15.9. The van der Waals surface area contributed by atoms with Crippen molar-refractivity contribution in [3.05, 3.63) is 47.5 Å². The van der Waals surface area contributed by atoms with Gasteiger partial charge in [-0.05, 0) is 36.4 Å². The highest BCUT2D eigenvalue weighted by molar-refractivity contribution is 6.30. The molecule has 0 aliphatic heterocycles. The molecule has 0 saturated carbocycles. The number of benzene rings is 2. The fraction of sp³-hybridized carbons (Fsp3) is 0.188. The van der Waals surface area contributed by atoms with E-state index in [-0.39, 0.29) is 12.5 Å². The molecule has 0 unspecified atom stereocenters. The SMILES string of the molecule is COc1ccc(NC(=O)COc2ccc(Cl)cc2)cc1OC. The van der Waals surface area contributed by atoms with Crippen LogP contribution < -0.4 is 19.5 Å². The van der Waals surface area contributed by atoms with Gasteiger partial charge in [-0.15, -0.1) is 0 Å². The molecule has 1 amide bonds. The van der Waals surface area contributed by atoms with Crippen LogP contribution in [-0.2, 0) is 4.79 Å². The highest BCUT2D eigenvalue weighted by atomic mass is 35.5. The average molecular weight is 322 g/mol. The van der Waals surface area contributed by atoms with Crippen molar-refractivity contribution in [2.75, 3.05) is 26.1 Å². The first-order valence-electron chi connectivity index (χ1n) is 6.52. The van der Waals surface area contributed by atoms with E-state index in [0.29, 0.717) is 28.0 Å². The van der Waals surface area contributed by atoms with Crippen molar-refractivity contribution in [3.63, 3.8) is 0 Å². The first-order valence-corrected chi connectivity index (χ1v) is 6.90. The van der Waals surface area contributed by atoms with Crippen LogP contribution in [0.5, 0.6) is 17.2 Å². The molecule has 22 heavy (non-hydrogen) atoms. The highest BCUT2D eigenvalue weighted by Gasteiger charge is 2.08. The number of carbonyl (C=O) groups excluding carboxylic acids is 1. The van der Waals surface area contributed by atoms with Crippen LogP contribution in [-0.4, -0.2) is 26.7 Å². The summed E-state index contributed by atoms with van der Waals surface area (Å²) in [6.45, 7) is -0.101. The summed E-state index contributed by atoms with van der Waals surface area (Å²) in [6, 6.07) is 11.9. The van der Waals surface area contributed by atoms with Gasteiger partial charge in [-0.3, -0.25) is 4.79 Å². The van der Waals surface area contributed by atoms with E-state index in [1.165, 1.54) is 7.11 Å². The Morgan fingerprint density at radius 1 is 1.05 bits per heavy atom. The molecule has 2 rings (SSSR count). The molecule has 0 atom stereocenters. The molecule has 0 fully saturated rings. The lowest BCUT2D eigenvalue weighted by molar-refractivity contribution is -0.118. The van der Waals surface area contributed by atoms with E-state index in [4.69, 9.17) is 25.8 Å². The standard InChI is InChI=1S/C16H16ClNO4/c1-20-14-8-5-12(9-15(14)21-2)18-16(19)10-22-13-6-3-11(17)4-7-13/h3-9H,10H2,1-2H3,(H,18,19). The molecule has 0 spiro atoms. The van der Waals surface area contributed by atoms with Crippen LogP contribution in [0.3, 0.4) is 0 Å². The quantitative estimate of drug-likeness (QED) is 0.886. The Labute approximate surface area is 133 Å². The maximum absolute atomic E-state index is 11.9. The molecule has 0 radical (unpaired) electrons. The third-order valence-electron chi connectivity index (χ3n) is 2.85. The lowest BCUT2D eigenvalue weighted by Crippen LogP contribution is -2.20. The molecule has 0 aliphatic rings. The van der Waals surface area contributed by atoms with Gasteiger partial charge >= 0.3 is 0 Å². The van der Waals surface area contributed by atoms with Crippen molar-refractivity contribution >= 4 is 23.2 Å². The number of hydrogen-bond donors (Lipinski definition) is 1. The molecule has 0 aliphatic carbocycles. The summed E-state index contributed by atoms with van der Waals surface area (Å²) in [4.78, 5) is 11.9. The second-order valence-electron chi connectivity index (χ2n) is 4.36. The fourth-order valence-electron chi connectivity index (χ4n) is 1.79. The molecule has 2 aromatic carbocycles. The first-order chi connectivity index (χ1) is 10.6. The molecule has 0 aromatic heterocycles. The van der Waals surface area contributed by atoms with Crippen LogP contribution in [0.25, 0.3) is 0 Å². The minimum atomic E-state index is -0.276. The van der Waals surface area contributed by atoms with Gasteiger partial charge in [-0.2, -0.15) is 0 Å². The minimum absolute atomic E-state index is 0.101. The van der Waals surface area contributed by atoms with Crippen molar-refractivity contribution in [1.82, 2.24) is 0 Å². The fourth-order valence-corrected chi connectivity index (χ4v) is 1.92. The lowest BCUT2D eigenvalue weighted by Gasteiger charge is -2.11. The summed E-state index contributed by atoms with van der Waals surface area (Å²) in [7, 11) is 3.09. The van der Waals surface area contributed by atoms with Crippen molar-refractivity contribution < 1.29 is 19.0 Å². The van der Waals surface area contributed by atoms with E-state index in [1.807, 2.05) is 0 Å². The van der Waals surface area contributed by atoms with E-state index in [1.54, 1.807) is 49.6 Å². The topological polar surface area (TPSA) is 56.8 Å². The second-order valence-corrected chi connectivity index (χ2v) is 4.80. The summed E-state index contributed by atoms with van der Waals surface area (Å²) in [5.74, 6) is 1.44. The normalized spacial score (nSPS) is 9.95. The molecular weight excluding hydrogens is 306 g/mol. The number of ether oxygens (including phenoxy) is 3. The zero-order valence-electron chi connectivity index (χ0n) is 12.3. The first kappa shape index (κ1) is 16.0. The number of methoxy groups -OCH3 is 2. The Bertz CT molecular complexity index is 643. The number of nitrogens with one attached hydrogen (secondary N) is 1. The van der Waals surface area contributed by atoms with Crippen molar-refractivity contribution in [2.45, 2.75) is 0 Å². The van der Waals surface area contributed by atoms with E-state index in [9.17, 15) is 4.79 Å². The summed E-state index contributed by atoms with van der Waals surface area (Å²) in [5, 5.41) is 3.34. The van der Waals surface area contributed by atoms with Gasteiger partial charge in [-0.1, -0.05) is 11.6 Å². The molecule has 0 heterocycles. The van der Waals surface area contributed by atoms with Gasteiger partial charge in [0.2, 0.25) is 0 Å². The minimum Gasteiger partial charge on any atom is -0.493 e. The van der Waals surface area contributed by atoms with Crippen LogP contribution in [0.2, 0.25) is 5.02 Å². The van der Waals surface area contributed by atoms with Crippen molar-refractivity contribution in [2.24, 2.45) is 0 Å². The number of amides is 1. The Morgan fingerprint density at radius 3 is 2.36 bits per heavy atom. The number of carbonyl (C=O) groups is 1. The van der Waals surface area contributed by atoms with Gasteiger partial charge in [0.05, 0.1) is 14.2 Å². The van der Waals surface area contributed by atoms with Crippen molar-refractivity contribution in [3.8, 4) is 17.2 Å². The van der Waals surface area contributed by atoms with Gasteiger partial charge in [0.1, 0.15) is 5.75 Å².